The standard InChI is InChI=1S/C13H10Cl2F2N2O2/c14-8-4-7(5-9(15)12(8)20)18-13(21)10-2-1-3-19(10)6-11(16)17/h1-5,11,20H,6H2,(H,18,21). The number of nitrogens with one attached hydrogen (secondary N) is 1. The van der Waals surface area contributed by atoms with Crippen molar-refractivity contribution in [3.63, 3.8) is 0 Å². The highest BCUT2D eigenvalue weighted by molar-refractivity contribution is 6.37. The molecule has 2 rings (SSSR count). The second-order valence-electron chi connectivity index (χ2n) is 4.18. The van der Waals surface area contributed by atoms with E-state index in [0.29, 0.717) is 0 Å². The molecule has 0 saturated heterocycles. The van der Waals surface area contributed by atoms with Crippen LogP contribution in [0.4, 0.5) is 14.5 Å². The number of alkyl halides is 2. The van der Waals surface area contributed by atoms with Gasteiger partial charge >= 0.3 is 0 Å². The number of halogens is 4. The van der Waals surface area contributed by atoms with E-state index < -0.39 is 18.9 Å². The van der Waals surface area contributed by atoms with Gasteiger partial charge in [0.2, 0.25) is 0 Å². The molecular formula is C13H10Cl2F2N2O2. The fourth-order valence-corrected chi connectivity index (χ4v) is 2.25. The number of phenols is 1. The molecule has 1 aromatic carbocycles. The zero-order valence-corrected chi connectivity index (χ0v) is 12.0. The van der Waals surface area contributed by atoms with Gasteiger partial charge in [0.05, 0.1) is 16.6 Å². The Morgan fingerprint density at radius 1 is 1.33 bits per heavy atom. The van der Waals surface area contributed by atoms with E-state index in [4.69, 9.17) is 23.2 Å². The van der Waals surface area contributed by atoms with Crippen LogP contribution in [0.2, 0.25) is 10.0 Å². The molecule has 1 heterocycles. The number of aromatic nitrogens is 1. The third-order valence-electron chi connectivity index (χ3n) is 2.67. The number of carbonyl (C=O) groups is 1. The van der Waals surface area contributed by atoms with Crippen molar-refractivity contribution in [3.05, 3.63) is 46.2 Å². The normalized spacial score (nSPS) is 10.9. The van der Waals surface area contributed by atoms with Gasteiger partial charge in [-0.15, -0.1) is 0 Å². The average molecular weight is 335 g/mol. The minimum absolute atomic E-state index is 0.0271. The number of nitrogens with zero attached hydrogens (tertiary/aromatic N) is 1. The number of anilines is 1. The lowest BCUT2D eigenvalue weighted by atomic mass is 10.3. The Hall–Kier alpha value is -1.79. The van der Waals surface area contributed by atoms with Gasteiger partial charge in [-0.1, -0.05) is 23.2 Å². The van der Waals surface area contributed by atoms with Gasteiger partial charge < -0.3 is 15.0 Å². The van der Waals surface area contributed by atoms with Crippen molar-refractivity contribution in [1.29, 1.82) is 0 Å². The van der Waals surface area contributed by atoms with Crippen molar-refractivity contribution >= 4 is 34.8 Å². The molecule has 1 amide bonds. The second-order valence-corrected chi connectivity index (χ2v) is 4.99. The molecule has 0 aliphatic heterocycles. The average Bonchev–Trinajstić information content (AvgIpc) is 2.83. The number of hydrogen-bond acceptors (Lipinski definition) is 2. The Morgan fingerprint density at radius 2 is 1.95 bits per heavy atom. The molecule has 21 heavy (non-hydrogen) atoms. The quantitative estimate of drug-likeness (QED) is 0.830. The maximum absolute atomic E-state index is 12.4. The summed E-state index contributed by atoms with van der Waals surface area (Å²) < 4.78 is 25.9. The summed E-state index contributed by atoms with van der Waals surface area (Å²) in [5, 5.41) is 11.9. The van der Waals surface area contributed by atoms with Gasteiger partial charge in [-0.3, -0.25) is 4.79 Å². The van der Waals surface area contributed by atoms with Crippen LogP contribution in [0.3, 0.4) is 0 Å². The van der Waals surface area contributed by atoms with Crippen LogP contribution in [0, 0.1) is 0 Å². The largest absolute Gasteiger partial charge is 0.505 e. The van der Waals surface area contributed by atoms with Crippen LogP contribution in [-0.4, -0.2) is 22.0 Å². The van der Waals surface area contributed by atoms with Crippen LogP contribution < -0.4 is 5.32 Å². The molecule has 2 aromatic rings. The lowest BCUT2D eigenvalue weighted by Crippen LogP contribution is -2.18. The van der Waals surface area contributed by atoms with Gasteiger partial charge in [-0.05, 0) is 24.3 Å². The first-order chi connectivity index (χ1) is 9.88. The predicted octanol–water partition coefficient (Wildman–Crippen LogP) is 4.02. The topological polar surface area (TPSA) is 54.3 Å². The third kappa shape index (κ3) is 3.65. The number of benzene rings is 1. The summed E-state index contributed by atoms with van der Waals surface area (Å²) in [4.78, 5) is 12.1. The molecule has 112 valence electrons. The van der Waals surface area contributed by atoms with E-state index in [0.717, 1.165) is 4.57 Å². The summed E-state index contributed by atoms with van der Waals surface area (Å²) >= 11 is 11.5. The van der Waals surface area contributed by atoms with Crippen molar-refractivity contribution in [2.24, 2.45) is 0 Å². The van der Waals surface area contributed by atoms with Crippen LogP contribution >= 0.6 is 23.2 Å². The summed E-state index contributed by atoms with van der Waals surface area (Å²) in [6.45, 7) is -0.577. The van der Waals surface area contributed by atoms with Crippen molar-refractivity contribution in [3.8, 4) is 5.75 Å². The summed E-state index contributed by atoms with van der Waals surface area (Å²) in [5.41, 5.74) is 0.327. The van der Waals surface area contributed by atoms with E-state index in [1.165, 1.54) is 30.5 Å². The first-order valence-corrected chi connectivity index (χ1v) is 6.56. The number of aromatic hydroxyl groups is 1. The Balaban J connectivity index is 2.21. The van der Waals surface area contributed by atoms with E-state index in [2.05, 4.69) is 5.32 Å². The lowest BCUT2D eigenvalue weighted by Gasteiger charge is -2.10. The summed E-state index contributed by atoms with van der Waals surface area (Å²) in [7, 11) is 0. The zero-order valence-electron chi connectivity index (χ0n) is 10.5. The first kappa shape index (κ1) is 15.6. The molecule has 1 aromatic heterocycles. The number of carbonyl (C=O) groups excluding carboxylic acids is 1. The van der Waals surface area contributed by atoms with Crippen LogP contribution in [-0.2, 0) is 6.54 Å². The lowest BCUT2D eigenvalue weighted by molar-refractivity contribution is 0.0997. The van der Waals surface area contributed by atoms with Gasteiger partial charge in [0.1, 0.15) is 5.69 Å². The van der Waals surface area contributed by atoms with Crippen LogP contribution in [0.5, 0.6) is 5.75 Å². The molecular weight excluding hydrogens is 325 g/mol. The third-order valence-corrected chi connectivity index (χ3v) is 3.25. The summed E-state index contributed by atoms with van der Waals surface area (Å²) in [5.74, 6) is -0.879. The molecule has 2 N–H and O–H groups in total. The Kier molecular flexibility index (Phi) is 4.69. The van der Waals surface area contributed by atoms with Gasteiger partial charge in [0.15, 0.2) is 5.75 Å². The first-order valence-electron chi connectivity index (χ1n) is 5.81. The summed E-state index contributed by atoms with van der Waals surface area (Å²) in [6.07, 6.45) is -1.18. The fraction of sp³-hybridized carbons (Fsp3) is 0.154. The minimum Gasteiger partial charge on any atom is -0.505 e. The summed E-state index contributed by atoms with van der Waals surface area (Å²) in [6, 6.07) is 5.53. The molecule has 0 spiro atoms. The monoisotopic (exact) mass is 334 g/mol. The highest BCUT2D eigenvalue weighted by Gasteiger charge is 2.15. The van der Waals surface area contributed by atoms with Gasteiger partial charge in [0, 0.05) is 11.9 Å². The van der Waals surface area contributed by atoms with Crippen molar-refractivity contribution in [1.82, 2.24) is 4.57 Å². The van der Waals surface area contributed by atoms with Crippen LogP contribution in [0.1, 0.15) is 10.5 Å². The molecule has 0 bridgehead atoms. The molecule has 8 heteroatoms. The molecule has 0 unspecified atom stereocenters. The van der Waals surface area contributed by atoms with Crippen molar-refractivity contribution < 1.29 is 18.7 Å². The van der Waals surface area contributed by atoms with Gasteiger partial charge in [-0.25, -0.2) is 8.78 Å². The van der Waals surface area contributed by atoms with Crippen LogP contribution in [0.15, 0.2) is 30.5 Å². The molecule has 0 aliphatic carbocycles. The smallest absolute Gasteiger partial charge is 0.272 e. The SMILES string of the molecule is O=C(Nc1cc(Cl)c(O)c(Cl)c1)c1cccn1CC(F)F. The van der Waals surface area contributed by atoms with E-state index in [9.17, 15) is 18.7 Å². The van der Waals surface area contributed by atoms with Gasteiger partial charge in [0.25, 0.3) is 12.3 Å². The molecule has 0 atom stereocenters. The van der Waals surface area contributed by atoms with Crippen molar-refractivity contribution in [2.45, 2.75) is 13.0 Å². The molecule has 0 fully saturated rings. The maximum Gasteiger partial charge on any atom is 0.272 e. The molecule has 0 aliphatic rings. The van der Waals surface area contributed by atoms with E-state index >= 15 is 0 Å². The Labute approximate surface area is 128 Å². The van der Waals surface area contributed by atoms with Crippen LogP contribution in [0.25, 0.3) is 0 Å². The molecule has 0 radical (unpaired) electrons. The molecule has 4 nitrogen and oxygen atoms in total. The Bertz CT molecular complexity index is 651. The fourth-order valence-electron chi connectivity index (χ4n) is 1.76. The number of hydrogen-bond donors (Lipinski definition) is 2. The van der Waals surface area contributed by atoms with E-state index in [1.807, 2.05) is 0 Å². The highest BCUT2D eigenvalue weighted by atomic mass is 35.5. The van der Waals surface area contributed by atoms with Crippen molar-refractivity contribution in [2.75, 3.05) is 5.32 Å². The highest BCUT2D eigenvalue weighted by Crippen LogP contribution is 2.34. The number of rotatable bonds is 4. The predicted molar refractivity (Wildman–Crippen MR) is 76.5 cm³/mol. The molecule has 0 saturated carbocycles. The zero-order chi connectivity index (χ0) is 15.6. The van der Waals surface area contributed by atoms with E-state index in [1.54, 1.807) is 0 Å². The Morgan fingerprint density at radius 3 is 2.52 bits per heavy atom. The van der Waals surface area contributed by atoms with Gasteiger partial charge in [-0.2, -0.15) is 0 Å². The number of amides is 1. The van der Waals surface area contributed by atoms with E-state index in [-0.39, 0.29) is 27.2 Å². The second kappa shape index (κ2) is 6.32. The number of phenolic OH excluding ortho intramolecular Hbond substituents is 1. The maximum atomic E-state index is 12.4. The minimum atomic E-state index is -2.57.